The highest BCUT2D eigenvalue weighted by Crippen LogP contribution is 2.04. The molecule has 7 nitrogen and oxygen atoms in total. The first-order chi connectivity index (χ1) is 9.29. The quantitative estimate of drug-likeness (QED) is 0.483. The molecule has 0 saturated carbocycles. The van der Waals surface area contributed by atoms with E-state index in [0.717, 1.165) is 52.4 Å². The van der Waals surface area contributed by atoms with Gasteiger partial charge >= 0.3 is 0 Å². The van der Waals surface area contributed by atoms with Gasteiger partial charge < -0.3 is 10.2 Å². The van der Waals surface area contributed by atoms with Gasteiger partial charge in [0.2, 0.25) is 5.91 Å². The van der Waals surface area contributed by atoms with E-state index in [-0.39, 0.29) is 5.91 Å². The number of amides is 1. The Kier molecular flexibility index (Phi) is 5.99. The molecule has 0 radical (unpaired) electrons. The molecule has 1 atom stereocenters. The molecule has 19 heavy (non-hydrogen) atoms. The number of nitrogens with one attached hydrogen (secondary N) is 1. The number of hydrogen-bond acceptors (Lipinski definition) is 6. The van der Waals surface area contributed by atoms with Crippen molar-refractivity contribution in [1.82, 2.24) is 20.0 Å². The minimum atomic E-state index is 0.227. The van der Waals surface area contributed by atoms with Crippen molar-refractivity contribution in [2.24, 2.45) is 0 Å². The molecule has 1 amide bonds. The van der Waals surface area contributed by atoms with Crippen LogP contribution in [0.25, 0.3) is 0 Å². The lowest BCUT2D eigenvalue weighted by Gasteiger charge is -2.36. The van der Waals surface area contributed by atoms with Crippen LogP contribution in [-0.2, 0) is 9.68 Å². The molecular weight excluding hydrogens is 248 g/mol. The van der Waals surface area contributed by atoms with Crippen molar-refractivity contribution >= 4 is 5.91 Å². The summed E-state index contributed by atoms with van der Waals surface area (Å²) in [6.07, 6.45) is 0. The number of rotatable bonds is 3. The Morgan fingerprint density at radius 3 is 2.68 bits per heavy atom. The predicted molar refractivity (Wildman–Crippen MR) is 70.9 cm³/mol. The highest BCUT2D eigenvalue weighted by atomic mass is 17.1. The molecule has 7 heteroatoms. The highest BCUT2D eigenvalue weighted by Gasteiger charge is 2.24. The van der Waals surface area contributed by atoms with Crippen LogP contribution in [0.5, 0.6) is 0 Å². The second-order valence-electron chi connectivity index (χ2n) is 5.08. The van der Waals surface area contributed by atoms with Gasteiger partial charge in [0.05, 0.1) is 13.2 Å². The summed E-state index contributed by atoms with van der Waals surface area (Å²) >= 11 is 0. The summed E-state index contributed by atoms with van der Waals surface area (Å²) in [5, 5.41) is 11.8. The molecule has 0 aromatic rings. The maximum Gasteiger partial charge on any atom is 0.236 e. The molecule has 2 N–H and O–H groups in total. The average molecular weight is 272 g/mol. The van der Waals surface area contributed by atoms with Gasteiger partial charge in [-0.05, 0) is 0 Å². The number of piperazine rings is 1. The smallest absolute Gasteiger partial charge is 0.236 e. The number of carbonyl (C=O) groups is 1. The molecule has 3 aliphatic heterocycles. The first-order valence-electron chi connectivity index (χ1n) is 6.99. The van der Waals surface area contributed by atoms with E-state index < -0.39 is 0 Å². The zero-order valence-corrected chi connectivity index (χ0v) is 11.4. The molecule has 0 spiro atoms. The first kappa shape index (κ1) is 14.7. The van der Waals surface area contributed by atoms with Gasteiger partial charge in [0.25, 0.3) is 0 Å². The predicted octanol–water partition coefficient (Wildman–Crippen LogP) is -1.47. The van der Waals surface area contributed by atoms with Crippen LogP contribution in [0.2, 0.25) is 0 Å². The van der Waals surface area contributed by atoms with Crippen molar-refractivity contribution in [3.05, 3.63) is 0 Å². The lowest BCUT2D eigenvalue weighted by Crippen LogP contribution is -2.54. The highest BCUT2D eigenvalue weighted by molar-refractivity contribution is 5.79. The second kappa shape index (κ2) is 7.76. The Balaban J connectivity index is 1.88. The Morgan fingerprint density at radius 2 is 1.89 bits per heavy atom. The third-order valence-electron chi connectivity index (χ3n) is 3.79. The third kappa shape index (κ3) is 4.70. The van der Waals surface area contributed by atoms with Gasteiger partial charge in [0.15, 0.2) is 0 Å². The van der Waals surface area contributed by atoms with Crippen molar-refractivity contribution < 1.29 is 14.9 Å². The number of hydrogen-bond donors (Lipinski definition) is 2. The summed E-state index contributed by atoms with van der Waals surface area (Å²) in [4.78, 5) is 22.5. The van der Waals surface area contributed by atoms with Crippen molar-refractivity contribution in [3.63, 3.8) is 0 Å². The molecule has 110 valence electrons. The van der Waals surface area contributed by atoms with Crippen LogP contribution in [0.1, 0.15) is 0 Å². The van der Waals surface area contributed by atoms with E-state index in [1.807, 2.05) is 4.90 Å². The van der Waals surface area contributed by atoms with E-state index in [2.05, 4.69) is 20.0 Å². The topological polar surface area (TPSA) is 68.3 Å². The maximum absolute atomic E-state index is 12.0. The number of nitrogens with zero attached hydrogens (tertiary/aromatic N) is 3. The van der Waals surface area contributed by atoms with E-state index in [4.69, 9.17) is 5.26 Å². The normalized spacial score (nSPS) is 27.1. The fourth-order valence-electron chi connectivity index (χ4n) is 2.55. The van der Waals surface area contributed by atoms with Crippen molar-refractivity contribution in [2.75, 3.05) is 72.1 Å². The number of fused-ring (bicyclic) bond motifs is 9. The minimum absolute atomic E-state index is 0.227. The van der Waals surface area contributed by atoms with E-state index in [9.17, 15) is 4.79 Å². The van der Waals surface area contributed by atoms with Gasteiger partial charge in [-0.3, -0.25) is 19.9 Å². The fraction of sp³-hybridized carbons (Fsp3) is 0.917. The van der Waals surface area contributed by atoms with Crippen LogP contribution in [0.4, 0.5) is 0 Å². The summed E-state index contributed by atoms with van der Waals surface area (Å²) in [7, 11) is 0. The molecule has 0 aliphatic carbocycles. The summed E-state index contributed by atoms with van der Waals surface area (Å²) in [6, 6.07) is 0. The monoisotopic (exact) mass is 272 g/mol. The Bertz CT molecular complexity index is 288. The molecule has 3 rings (SSSR count). The van der Waals surface area contributed by atoms with Crippen molar-refractivity contribution in [3.8, 4) is 0 Å². The van der Waals surface area contributed by atoms with Crippen molar-refractivity contribution in [2.45, 2.75) is 0 Å². The van der Waals surface area contributed by atoms with E-state index in [1.54, 1.807) is 0 Å². The molecule has 3 fully saturated rings. The lowest BCUT2D eigenvalue weighted by molar-refractivity contribution is -0.244. The van der Waals surface area contributed by atoms with Crippen LogP contribution in [-0.4, -0.2) is 97.9 Å². The van der Waals surface area contributed by atoms with Crippen LogP contribution >= 0.6 is 0 Å². The summed E-state index contributed by atoms with van der Waals surface area (Å²) in [6.45, 7) is 8.59. The fourth-order valence-corrected chi connectivity index (χ4v) is 2.55. The maximum atomic E-state index is 12.0. The third-order valence-corrected chi connectivity index (χ3v) is 3.79. The summed E-state index contributed by atoms with van der Waals surface area (Å²) in [5.74, 6) is 0.227. The summed E-state index contributed by atoms with van der Waals surface area (Å²) < 4.78 is 0. The molecule has 1 unspecified atom stereocenters. The largest absolute Gasteiger partial charge is 0.339 e. The Morgan fingerprint density at radius 1 is 1.11 bits per heavy atom. The van der Waals surface area contributed by atoms with E-state index >= 15 is 0 Å². The van der Waals surface area contributed by atoms with Gasteiger partial charge in [0, 0.05) is 58.9 Å². The zero-order valence-electron chi connectivity index (χ0n) is 11.4. The van der Waals surface area contributed by atoms with E-state index in [0.29, 0.717) is 19.7 Å². The Labute approximate surface area is 114 Å². The van der Waals surface area contributed by atoms with Gasteiger partial charge in [-0.15, -0.1) is 0 Å². The van der Waals surface area contributed by atoms with E-state index in [1.165, 1.54) is 0 Å². The average Bonchev–Trinajstić information content (AvgIpc) is 2.40. The lowest BCUT2D eigenvalue weighted by atomic mass is 10.3. The molecule has 0 aromatic heterocycles. The second-order valence-corrected chi connectivity index (χ2v) is 5.08. The number of carbonyl (C=O) groups excluding carboxylic acids is 1. The van der Waals surface area contributed by atoms with Gasteiger partial charge in [0.1, 0.15) is 0 Å². The standard InChI is InChI=1S/C12H24N4O3/c17-12-11-15-4-2-13-1-3-14(9-10-19-18)5-7-16(12)8-6-15/h13,18H,1-11H2. The van der Waals surface area contributed by atoms with Crippen LogP contribution in [0.15, 0.2) is 0 Å². The van der Waals surface area contributed by atoms with Crippen LogP contribution in [0.3, 0.4) is 0 Å². The summed E-state index contributed by atoms with van der Waals surface area (Å²) in [5.41, 5.74) is 0. The first-order valence-corrected chi connectivity index (χ1v) is 6.99. The molecule has 3 saturated heterocycles. The molecule has 2 bridgehead atoms. The van der Waals surface area contributed by atoms with Crippen LogP contribution in [0, 0.1) is 0 Å². The zero-order chi connectivity index (χ0) is 13.5. The van der Waals surface area contributed by atoms with Gasteiger partial charge in [-0.1, -0.05) is 0 Å². The van der Waals surface area contributed by atoms with Gasteiger partial charge in [-0.25, -0.2) is 4.89 Å². The SMILES string of the molecule is O=C1CN2CCNCCN(CCOO)CCN1CC2. The molecule has 0 aromatic carbocycles. The van der Waals surface area contributed by atoms with Crippen molar-refractivity contribution in [1.29, 1.82) is 0 Å². The molecular formula is C12H24N4O3. The van der Waals surface area contributed by atoms with Gasteiger partial charge in [-0.2, -0.15) is 0 Å². The Hall–Kier alpha value is -0.730. The van der Waals surface area contributed by atoms with Crippen LogP contribution < -0.4 is 5.32 Å². The minimum Gasteiger partial charge on any atom is -0.339 e. The molecule has 3 heterocycles. The molecule has 3 aliphatic rings.